The Kier molecular flexibility index (Phi) is 2.83. The SMILES string of the molecule is CN(C)CCn1c2c(c3ccncc31)OCCO2. The summed E-state index contributed by atoms with van der Waals surface area (Å²) in [6, 6.07) is 1.98. The number of nitrogens with zero attached hydrogens (tertiary/aromatic N) is 3. The van der Waals surface area contributed by atoms with E-state index in [2.05, 4.69) is 28.5 Å². The van der Waals surface area contributed by atoms with Gasteiger partial charge in [0.25, 0.3) is 0 Å². The van der Waals surface area contributed by atoms with Crippen LogP contribution in [0.3, 0.4) is 0 Å². The molecule has 2 aromatic rings. The van der Waals surface area contributed by atoms with Crippen LogP contribution in [0.2, 0.25) is 0 Å². The van der Waals surface area contributed by atoms with Crippen LogP contribution in [-0.2, 0) is 6.54 Å². The second-order valence-electron chi connectivity index (χ2n) is 4.68. The Labute approximate surface area is 106 Å². The number of hydrogen-bond acceptors (Lipinski definition) is 4. The third kappa shape index (κ3) is 1.80. The van der Waals surface area contributed by atoms with Gasteiger partial charge in [-0.05, 0) is 20.2 Å². The molecule has 0 atom stereocenters. The Balaban J connectivity index is 2.10. The van der Waals surface area contributed by atoms with Crippen molar-refractivity contribution < 1.29 is 9.47 Å². The summed E-state index contributed by atoms with van der Waals surface area (Å²) in [4.78, 5) is 6.35. The lowest BCUT2D eigenvalue weighted by Gasteiger charge is -2.18. The standard InChI is InChI=1S/C13H17N3O2/c1-15(2)5-6-16-11-9-14-4-3-10(11)12-13(16)18-8-7-17-12/h3-4,9H,5-8H2,1-2H3. The molecule has 0 fully saturated rings. The van der Waals surface area contributed by atoms with Crippen molar-refractivity contribution in [2.24, 2.45) is 0 Å². The first-order valence-electron chi connectivity index (χ1n) is 6.14. The van der Waals surface area contributed by atoms with Gasteiger partial charge < -0.3 is 18.9 Å². The second kappa shape index (κ2) is 4.49. The van der Waals surface area contributed by atoms with Crippen LogP contribution >= 0.6 is 0 Å². The zero-order chi connectivity index (χ0) is 12.5. The molecule has 3 rings (SSSR count). The van der Waals surface area contributed by atoms with Gasteiger partial charge in [-0.1, -0.05) is 0 Å². The molecular weight excluding hydrogens is 230 g/mol. The molecule has 0 radical (unpaired) electrons. The normalized spacial score (nSPS) is 14.4. The summed E-state index contributed by atoms with van der Waals surface area (Å²) in [7, 11) is 4.13. The Hall–Kier alpha value is -1.75. The summed E-state index contributed by atoms with van der Waals surface area (Å²) in [5.74, 6) is 1.70. The summed E-state index contributed by atoms with van der Waals surface area (Å²) in [5.41, 5.74) is 1.08. The van der Waals surface area contributed by atoms with Gasteiger partial charge in [-0.3, -0.25) is 4.98 Å². The van der Waals surface area contributed by atoms with Crippen molar-refractivity contribution >= 4 is 10.9 Å². The highest BCUT2D eigenvalue weighted by Gasteiger charge is 2.22. The summed E-state index contributed by atoms with van der Waals surface area (Å²) in [5, 5.41) is 1.08. The van der Waals surface area contributed by atoms with Crippen LogP contribution in [0.25, 0.3) is 10.9 Å². The number of fused-ring (bicyclic) bond motifs is 3. The smallest absolute Gasteiger partial charge is 0.238 e. The molecular formula is C13H17N3O2. The average molecular weight is 247 g/mol. The highest BCUT2D eigenvalue weighted by molar-refractivity contribution is 5.89. The van der Waals surface area contributed by atoms with E-state index in [1.165, 1.54) is 0 Å². The van der Waals surface area contributed by atoms with E-state index >= 15 is 0 Å². The van der Waals surface area contributed by atoms with Crippen LogP contribution in [0.4, 0.5) is 0 Å². The quantitative estimate of drug-likeness (QED) is 0.821. The van der Waals surface area contributed by atoms with Gasteiger partial charge in [-0.2, -0.15) is 0 Å². The van der Waals surface area contributed by atoms with Crippen molar-refractivity contribution in [2.75, 3.05) is 33.9 Å². The van der Waals surface area contributed by atoms with Gasteiger partial charge >= 0.3 is 0 Å². The molecule has 0 saturated carbocycles. The number of ether oxygens (including phenoxy) is 2. The molecule has 1 aliphatic heterocycles. The maximum atomic E-state index is 5.76. The summed E-state index contributed by atoms with van der Waals surface area (Å²) in [6.45, 7) is 3.04. The van der Waals surface area contributed by atoms with E-state index in [9.17, 15) is 0 Å². The van der Waals surface area contributed by atoms with Gasteiger partial charge in [0.2, 0.25) is 5.88 Å². The van der Waals surface area contributed by atoms with Crippen molar-refractivity contribution in [3.8, 4) is 11.6 Å². The third-order valence-corrected chi connectivity index (χ3v) is 3.11. The van der Waals surface area contributed by atoms with E-state index in [1.54, 1.807) is 6.20 Å². The molecule has 0 aliphatic carbocycles. The molecule has 3 heterocycles. The lowest BCUT2D eigenvalue weighted by molar-refractivity contribution is 0.161. The minimum atomic E-state index is 0.610. The summed E-state index contributed by atoms with van der Waals surface area (Å²) >= 11 is 0. The molecule has 0 spiro atoms. The first-order valence-corrected chi connectivity index (χ1v) is 6.14. The molecule has 0 amide bonds. The molecule has 18 heavy (non-hydrogen) atoms. The highest BCUT2D eigenvalue weighted by Crippen LogP contribution is 2.40. The molecule has 5 nitrogen and oxygen atoms in total. The van der Waals surface area contributed by atoms with Crippen molar-refractivity contribution in [1.29, 1.82) is 0 Å². The maximum Gasteiger partial charge on any atom is 0.238 e. The van der Waals surface area contributed by atoms with E-state index < -0.39 is 0 Å². The molecule has 1 aliphatic rings. The first-order chi connectivity index (χ1) is 8.77. The van der Waals surface area contributed by atoms with Gasteiger partial charge in [-0.15, -0.1) is 0 Å². The second-order valence-corrected chi connectivity index (χ2v) is 4.68. The van der Waals surface area contributed by atoms with Gasteiger partial charge in [-0.25, -0.2) is 0 Å². The van der Waals surface area contributed by atoms with Crippen molar-refractivity contribution in [3.05, 3.63) is 18.5 Å². The van der Waals surface area contributed by atoms with Crippen LogP contribution < -0.4 is 9.47 Å². The Morgan fingerprint density at radius 2 is 2.17 bits per heavy atom. The van der Waals surface area contributed by atoms with Gasteiger partial charge in [0.15, 0.2) is 5.75 Å². The van der Waals surface area contributed by atoms with E-state index in [0.29, 0.717) is 13.2 Å². The van der Waals surface area contributed by atoms with Gasteiger partial charge in [0.1, 0.15) is 13.2 Å². The van der Waals surface area contributed by atoms with Crippen molar-refractivity contribution in [1.82, 2.24) is 14.5 Å². The molecule has 5 heteroatoms. The lowest BCUT2D eigenvalue weighted by Crippen LogP contribution is -2.21. The minimum Gasteiger partial charge on any atom is -0.484 e. The van der Waals surface area contributed by atoms with Crippen molar-refractivity contribution in [2.45, 2.75) is 6.54 Å². The largest absolute Gasteiger partial charge is 0.484 e. The van der Waals surface area contributed by atoms with E-state index in [4.69, 9.17) is 9.47 Å². The van der Waals surface area contributed by atoms with E-state index in [-0.39, 0.29) is 0 Å². The highest BCUT2D eigenvalue weighted by atomic mass is 16.6. The number of pyridine rings is 1. The first kappa shape index (κ1) is 11.3. The zero-order valence-corrected chi connectivity index (χ0v) is 10.7. The molecule has 0 N–H and O–H groups in total. The Morgan fingerprint density at radius 3 is 3.00 bits per heavy atom. The molecule has 0 bridgehead atoms. The van der Waals surface area contributed by atoms with Crippen molar-refractivity contribution in [3.63, 3.8) is 0 Å². The lowest BCUT2D eigenvalue weighted by atomic mass is 10.3. The topological polar surface area (TPSA) is 39.5 Å². The summed E-state index contributed by atoms with van der Waals surface area (Å²) in [6.07, 6.45) is 3.66. The molecule has 0 saturated heterocycles. The predicted molar refractivity (Wildman–Crippen MR) is 69.3 cm³/mol. The monoisotopic (exact) mass is 247 g/mol. The average Bonchev–Trinajstić information content (AvgIpc) is 2.71. The van der Waals surface area contributed by atoms with Crippen LogP contribution in [0.15, 0.2) is 18.5 Å². The fourth-order valence-corrected chi connectivity index (χ4v) is 2.23. The van der Waals surface area contributed by atoms with E-state index in [0.717, 1.165) is 35.6 Å². The molecule has 2 aromatic heterocycles. The minimum absolute atomic E-state index is 0.610. The fourth-order valence-electron chi connectivity index (χ4n) is 2.23. The molecule has 0 unspecified atom stereocenters. The maximum absolute atomic E-state index is 5.76. The van der Waals surface area contributed by atoms with Crippen LogP contribution in [0.1, 0.15) is 0 Å². The van der Waals surface area contributed by atoms with Crippen LogP contribution in [0, 0.1) is 0 Å². The van der Waals surface area contributed by atoms with Crippen LogP contribution in [-0.4, -0.2) is 48.3 Å². The molecule has 96 valence electrons. The number of likely N-dealkylation sites (N-methyl/N-ethyl adjacent to an activating group) is 1. The number of hydrogen-bond donors (Lipinski definition) is 0. The van der Waals surface area contributed by atoms with Crippen LogP contribution in [0.5, 0.6) is 11.6 Å². The molecule has 0 aromatic carbocycles. The third-order valence-electron chi connectivity index (χ3n) is 3.11. The van der Waals surface area contributed by atoms with Gasteiger partial charge in [0.05, 0.1) is 11.7 Å². The Morgan fingerprint density at radius 1 is 1.33 bits per heavy atom. The number of rotatable bonds is 3. The van der Waals surface area contributed by atoms with E-state index in [1.807, 2.05) is 12.3 Å². The summed E-state index contributed by atoms with van der Waals surface area (Å²) < 4.78 is 13.7. The zero-order valence-electron chi connectivity index (χ0n) is 10.7. The predicted octanol–water partition coefficient (Wildman–Crippen LogP) is 1.37. The Bertz CT molecular complexity index is 563. The fraction of sp³-hybridized carbons (Fsp3) is 0.462. The van der Waals surface area contributed by atoms with Gasteiger partial charge in [0, 0.05) is 24.7 Å². The number of aromatic nitrogens is 2.